The van der Waals surface area contributed by atoms with Crippen molar-refractivity contribution in [1.82, 2.24) is 25.3 Å². The highest BCUT2D eigenvalue weighted by atomic mass is 16.5. The SMILES string of the molecule is CCCNCc1ccc(Oc2cc(C)nn2C)nn1. The molecular weight excluding hydrogens is 242 g/mol. The van der Waals surface area contributed by atoms with E-state index in [9.17, 15) is 0 Å². The van der Waals surface area contributed by atoms with Gasteiger partial charge in [-0.25, -0.2) is 4.68 Å². The van der Waals surface area contributed by atoms with Crippen LogP contribution in [0.1, 0.15) is 24.7 Å². The van der Waals surface area contributed by atoms with Gasteiger partial charge in [-0.15, -0.1) is 5.10 Å². The van der Waals surface area contributed by atoms with Crippen LogP contribution in [0.25, 0.3) is 0 Å². The lowest BCUT2D eigenvalue weighted by Gasteiger charge is -2.05. The molecule has 2 aromatic heterocycles. The first-order chi connectivity index (χ1) is 9.19. The maximum absolute atomic E-state index is 5.62. The fourth-order valence-electron chi connectivity index (χ4n) is 1.68. The van der Waals surface area contributed by atoms with Crippen molar-refractivity contribution in [3.63, 3.8) is 0 Å². The summed E-state index contributed by atoms with van der Waals surface area (Å²) in [5.74, 6) is 1.13. The second kappa shape index (κ2) is 6.29. The second-order valence-corrected chi connectivity index (χ2v) is 4.39. The van der Waals surface area contributed by atoms with Crippen LogP contribution in [-0.2, 0) is 13.6 Å². The zero-order chi connectivity index (χ0) is 13.7. The van der Waals surface area contributed by atoms with Gasteiger partial charge >= 0.3 is 0 Å². The second-order valence-electron chi connectivity index (χ2n) is 4.39. The summed E-state index contributed by atoms with van der Waals surface area (Å²) >= 11 is 0. The van der Waals surface area contributed by atoms with Crippen LogP contribution in [0, 0.1) is 6.92 Å². The molecule has 0 atom stereocenters. The quantitative estimate of drug-likeness (QED) is 0.803. The number of hydrogen-bond acceptors (Lipinski definition) is 5. The standard InChI is InChI=1S/C13H19N5O/c1-4-7-14-9-11-5-6-12(16-15-11)19-13-8-10(2)17-18(13)3/h5-6,8,14H,4,7,9H2,1-3H3. The molecule has 0 radical (unpaired) electrons. The summed E-state index contributed by atoms with van der Waals surface area (Å²) in [7, 11) is 1.83. The molecule has 0 aliphatic carbocycles. The van der Waals surface area contributed by atoms with E-state index in [1.807, 2.05) is 32.2 Å². The van der Waals surface area contributed by atoms with Crippen molar-refractivity contribution in [2.24, 2.45) is 7.05 Å². The molecule has 19 heavy (non-hydrogen) atoms. The minimum absolute atomic E-state index is 0.474. The summed E-state index contributed by atoms with van der Waals surface area (Å²) in [6, 6.07) is 5.59. The number of nitrogens with zero attached hydrogens (tertiary/aromatic N) is 4. The van der Waals surface area contributed by atoms with Crippen LogP contribution >= 0.6 is 0 Å². The summed E-state index contributed by atoms with van der Waals surface area (Å²) in [5.41, 5.74) is 1.81. The molecule has 0 spiro atoms. The molecule has 2 aromatic rings. The molecule has 0 aliphatic heterocycles. The Kier molecular flexibility index (Phi) is 4.46. The lowest BCUT2D eigenvalue weighted by Crippen LogP contribution is -2.15. The monoisotopic (exact) mass is 261 g/mol. The van der Waals surface area contributed by atoms with Crippen molar-refractivity contribution >= 4 is 0 Å². The van der Waals surface area contributed by atoms with E-state index in [1.54, 1.807) is 4.68 Å². The van der Waals surface area contributed by atoms with E-state index >= 15 is 0 Å². The minimum Gasteiger partial charge on any atom is -0.419 e. The van der Waals surface area contributed by atoms with E-state index in [2.05, 4.69) is 27.5 Å². The van der Waals surface area contributed by atoms with Crippen LogP contribution < -0.4 is 10.1 Å². The fraction of sp³-hybridized carbons (Fsp3) is 0.462. The molecule has 6 heteroatoms. The molecule has 2 heterocycles. The summed E-state index contributed by atoms with van der Waals surface area (Å²) in [6.45, 7) is 5.76. The average Bonchev–Trinajstić information content (AvgIpc) is 2.70. The predicted molar refractivity (Wildman–Crippen MR) is 72.0 cm³/mol. The van der Waals surface area contributed by atoms with E-state index in [0.29, 0.717) is 11.8 Å². The molecule has 0 amide bonds. The molecule has 2 rings (SSSR count). The van der Waals surface area contributed by atoms with Gasteiger partial charge in [0.1, 0.15) is 0 Å². The zero-order valence-corrected chi connectivity index (χ0v) is 11.6. The smallest absolute Gasteiger partial charge is 0.240 e. The molecule has 0 fully saturated rings. The van der Waals surface area contributed by atoms with Gasteiger partial charge in [-0.3, -0.25) is 0 Å². The Morgan fingerprint density at radius 3 is 2.74 bits per heavy atom. The van der Waals surface area contributed by atoms with Gasteiger partial charge in [0.15, 0.2) is 0 Å². The third-order valence-corrected chi connectivity index (χ3v) is 2.60. The lowest BCUT2D eigenvalue weighted by molar-refractivity contribution is 0.408. The first kappa shape index (κ1) is 13.5. The number of hydrogen-bond donors (Lipinski definition) is 1. The van der Waals surface area contributed by atoms with Crippen LogP contribution in [-0.4, -0.2) is 26.5 Å². The van der Waals surface area contributed by atoms with E-state index < -0.39 is 0 Å². The van der Waals surface area contributed by atoms with Crippen LogP contribution in [0.15, 0.2) is 18.2 Å². The molecule has 0 saturated carbocycles. The highest BCUT2D eigenvalue weighted by Crippen LogP contribution is 2.18. The normalized spacial score (nSPS) is 10.7. The molecule has 0 bridgehead atoms. The van der Waals surface area contributed by atoms with Gasteiger partial charge < -0.3 is 10.1 Å². The number of rotatable bonds is 6. The van der Waals surface area contributed by atoms with Crippen molar-refractivity contribution in [1.29, 1.82) is 0 Å². The number of ether oxygens (including phenoxy) is 1. The Balaban J connectivity index is 1.96. The number of nitrogens with one attached hydrogen (secondary N) is 1. The summed E-state index contributed by atoms with van der Waals surface area (Å²) < 4.78 is 7.29. The topological polar surface area (TPSA) is 64.9 Å². The first-order valence-electron chi connectivity index (χ1n) is 6.41. The van der Waals surface area contributed by atoms with Gasteiger partial charge in [-0.1, -0.05) is 6.92 Å². The van der Waals surface area contributed by atoms with E-state index in [4.69, 9.17) is 4.74 Å². The summed E-state index contributed by atoms with van der Waals surface area (Å²) in [4.78, 5) is 0. The molecular formula is C13H19N5O. The Morgan fingerprint density at radius 1 is 1.32 bits per heavy atom. The van der Waals surface area contributed by atoms with Crippen molar-refractivity contribution < 1.29 is 4.74 Å². The Hall–Kier alpha value is -1.95. The van der Waals surface area contributed by atoms with Crippen molar-refractivity contribution in [2.75, 3.05) is 6.54 Å². The Morgan fingerprint density at radius 2 is 2.16 bits per heavy atom. The molecule has 0 aliphatic rings. The zero-order valence-electron chi connectivity index (χ0n) is 11.6. The molecule has 0 unspecified atom stereocenters. The Labute approximate surface area is 112 Å². The number of aryl methyl sites for hydroxylation is 2. The van der Waals surface area contributed by atoms with Gasteiger partial charge in [0.05, 0.1) is 11.4 Å². The third-order valence-electron chi connectivity index (χ3n) is 2.60. The van der Waals surface area contributed by atoms with Crippen molar-refractivity contribution in [2.45, 2.75) is 26.8 Å². The molecule has 6 nitrogen and oxygen atoms in total. The maximum Gasteiger partial charge on any atom is 0.240 e. The average molecular weight is 261 g/mol. The van der Waals surface area contributed by atoms with Crippen LogP contribution in [0.2, 0.25) is 0 Å². The van der Waals surface area contributed by atoms with Gasteiger partial charge in [0.2, 0.25) is 11.8 Å². The van der Waals surface area contributed by atoms with Gasteiger partial charge in [-0.05, 0) is 26.0 Å². The third kappa shape index (κ3) is 3.75. The molecule has 102 valence electrons. The first-order valence-corrected chi connectivity index (χ1v) is 6.41. The van der Waals surface area contributed by atoms with Gasteiger partial charge in [0, 0.05) is 25.7 Å². The number of aromatic nitrogens is 4. The van der Waals surface area contributed by atoms with E-state index in [-0.39, 0.29) is 0 Å². The summed E-state index contributed by atoms with van der Waals surface area (Å²) in [5, 5.41) is 15.6. The molecule has 0 saturated heterocycles. The highest BCUT2D eigenvalue weighted by molar-refractivity contribution is 5.21. The van der Waals surface area contributed by atoms with Crippen LogP contribution in [0.3, 0.4) is 0 Å². The summed E-state index contributed by atoms with van der Waals surface area (Å²) in [6.07, 6.45) is 1.11. The Bertz CT molecular complexity index is 520. The van der Waals surface area contributed by atoms with E-state index in [1.165, 1.54) is 0 Å². The van der Waals surface area contributed by atoms with Crippen LogP contribution in [0.4, 0.5) is 0 Å². The molecule has 0 aromatic carbocycles. The lowest BCUT2D eigenvalue weighted by atomic mass is 10.3. The van der Waals surface area contributed by atoms with E-state index in [0.717, 1.165) is 30.9 Å². The molecule has 1 N–H and O–H groups in total. The van der Waals surface area contributed by atoms with Crippen LogP contribution in [0.5, 0.6) is 11.8 Å². The largest absolute Gasteiger partial charge is 0.419 e. The highest BCUT2D eigenvalue weighted by Gasteiger charge is 2.06. The minimum atomic E-state index is 0.474. The van der Waals surface area contributed by atoms with Crippen molar-refractivity contribution in [3.05, 3.63) is 29.6 Å². The van der Waals surface area contributed by atoms with Gasteiger partial charge in [0.25, 0.3) is 0 Å². The maximum atomic E-state index is 5.62. The van der Waals surface area contributed by atoms with Crippen molar-refractivity contribution in [3.8, 4) is 11.8 Å². The fourth-order valence-corrected chi connectivity index (χ4v) is 1.68. The predicted octanol–water partition coefficient (Wildman–Crippen LogP) is 1.81. The van der Waals surface area contributed by atoms with Gasteiger partial charge in [-0.2, -0.15) is 10.2 Å².